The molecule has 0 N–H and O–H groups in total. The van der Waals surface area contributed by atoms with E-state index in [2.05, 4.69) is 5.10 Å². The van der Waals surface area contributed by atoms with E-state index in [0.29, 0.717) is 0 Å². The van der Waals surface area contributed by atoms with Crippen molar-refractivity contribution in [1.29, 1.82) is 0 Å². The fourth-order valence-corrected chi connectivity index (χ4v) is 3.47. The quantitative estimate of drug-likeness (QED) is 0.729. The molecule has 0 radical (unpaired) electrons. The average molecular weight is 344 g/mol. The molecule has 0 unspecified atom stereocenters. The molecule has 3 rings (SSSR count). The number of hydrogen-bond acceptors (Lipinski definition) is 3. The van der Waals surface area contributed by atoms with Gasteiger partial charge >= 0.3 is 0 Å². The summed E-state index contributed by atoms with van der Waals surface area (Å²) in [4.78, 5) is 0.264. The van der Waals surface area contributed by atoms with Crippen molar-refractivity contribution in [2.24, 2.45) is 7.05 Å². The second-order valence-corrected chi connectivity index (χ2v) is 7.76. The number of aryl methyl sites for hydroxylation is 2. The molecule has 0 amide bonds. The van der Waals surface area contributed by atoms with Crippen LogP contribution in [0.1, 0.15) is 5.69 Å². The summed E-state index contributed by atoms with van der Waals surface area (Å²) >= 11 is 0. The van der Waals surface area contributed by atoms with Crippen molar-refractivity contribution in [3.8, 4) is 22.4 Å². The number of hydrogen-bond donors (Lipinski definition) is 0. The Bertz CT molecular complexity index is 1010. The van der Waals surface area contributed by atoms with Gasteiger partial charge in [-0.05, 0) is 36.8 Å². The highest BCUT2D eigenvalue weighted by Crippen LogP contribution is 2.35. The highest BCUT2D eigenvalue weighted by atomic mass is 32.2. The van der Waals surface area contributed by atoms with Gasteiger partial charge in [0.15, 0.2) is 9.84 Å². The Morgan fingerprint density at radius 2 is 1.71 bits per heavy atom. The standard InChI is InChI=1S/C18H17FN2O2S/c1-12-17(13-7-9-16(10-8-13)24(3,22)23)18(21(2)20-12)14-5-4-6-15(19)11-14/h4-11H,1-3H3. The summed E-state index contributed by atoms with van der Waals surface area (Å²) in [5.41, 5.74) is 4.01. The van der Waals surface area contributed by atoms with E-state index >= 15 is 0 Å². The molecule has 24 heavy (non-hydrogen) atoms. The molecule has 0 aliphatic carbocycles. The van der Waals surface area contributed by atoms with Crippen LogP contribution in [-0.2, 0) is 16.9 Å². The third-order valence-corrected chi connectivity index (χ3v) is 5.02. The van der Waals surface area contributed by atoms with E-state index in [1.54, 1.807) is 35.0 Å². The molecular weight excluding hydrogens is 327 g/mol. The van der Waals surface area contributed by atoms with Gasteiger partial charge in [-0.1, -0.05) is 24.3 Å². The van der Waals surface area contributed by atoms with Crippen LogP contribution < -0.4 is 0 Å². The van der Waals surface area contributed by atoms with Crippen LogP contribution in [0.25, 0.3) is 22.4 Å². The van der Waals surface area contributed by atoms with Crippen LogP contribution in [0, 0.1) is 12.7 Å². The van der Waals surface area contributed by atoms with Crippen LogP contribution in [0.2, 0.25) is 0 Å². The third-order valence-electron chi connectivity index (χ3n) is 3.89. The SMILES string of the molecule is Cc1nn(C)c(-c2cccc(F)c2)c1-c1ccc(S(C)(=O)=O)cc1. The number of halogens is 1. The van der Waals surface area contributed by atoms with Gasteiger partial charge in [-0.25, -0.2) is 12.8 Å². The Morgan fingerprint density at radius 3 is 2.29 bits per heavy atom. The average Bonchev–Trinajstić information content (AvgIpc) is 2.81. The number of sulfone groups is 1. The Labute approximate surface area is 140 Å². The van der Waals surface area contributed by atoms with Gasteiger partial charge in [-0.2, -0.15) is 5.10 Å². The van der Waals surface area contributed by atoms with Gasteiger partial charge in [0.2, 0.25) is 0 Å². The monoisotopic (exact) mass is 344 g/mol. The van der Waals surface area contributed by atoms with E-state index in [0.717, 1.165) is 28.1 Å². The lowest BCUT2D eigenvalue weighted by molar-refractivity contribution is 0.602. The zero-order chi connectivity index (χ0) is 17.5. The summed E-state index contributed by atoms with van der Waals surface area (Å²) in [5, 5.41) is 4.44. The largest absolute Gasteiger partial charge is 0.267 e. The number of benzene rings is 2. The fraction of sp³-hybridized carbons (Fsp3) is 0.167. The van der Waals surface area contributed by atoms with Gasteiger partial charge < -0.3 is 0 Å². The molecule has 0 saturated heterocycles. The first-order valence-electron chi connectivity index (χ1n) is 7.37. The van der Waals surface area contributed by atoms with Crippen molar-refractivity contribution < 1.29 is 12.8 Å². The Morgan fingerprint density at radius 1 is 1.04 bits per heavy atom. The molecule has 0 atom stereocenters. The minimum atomic E-state index is -3.25. The highest BCUT2D eigenvalue weighted by Gasteiger charge is 2.18. The Kier molecular flexibility index (Phi) is 4.01. The minimum Gasteiger partial charge on any atom is -0.267 e. The summed E-state index contributed by atoms with van der Waals surface area (Å²) in [5.74, 6) is -0.315. The van der Waals surface area contributed by atoms with E-state index in [4.69, 9.17) is 0 Å². The summed E-state index contributed by atoms with van der Waals surface area (Å²) in [7, 11) is -1.44. The van der Waals surface area contributed by atoms with Crippen LogP contribution in [0.15, 0.2) is 53.4 Å². The van der Waals surface area contributed by atoms with Gasteiger partial charge in [0, 0.05) is 24.4 Å². The van der Waals surface area contributed by atoms with Gasteiger partial charge in [-0.15, -0.1) is 0 Å². The number of nitrogens with zero attached hydrogens (tertiary/aromatic N) is 2. The summed E-state index contributed by atoms with van der Waals surface area (Å²) < 4.78 is 38.6. The summed E-state index contributed by atoms with van der Waals surface area (Å²) in [6.45, 7) is 1.88. The molecule has 1 aromatic heterocycles. The normalized spacial score (nSPS) is 11.7. The topological polar surface area (TPSA) is 52.0 Å². The molecule has 3 aromatic rings. The van der Waals surface area contributed by atoms with Crippen molar-refractivity contribution >= 4 is 9.84 Å². The zero-order valence-corrected chi connectivity index (χ0v) is 14.4. The van der Waals surface area contributed by atoms with Crippen LogP contribution in [0.3, 0.4) is 0 Å². The first-order chi connectivity index (χ1) is 11.3. The first kappa shape index (κ1) is 16.4. The third kappa shape index (κ3) is 2.97. The minimum absolute atomic E-state index is 0.264. The molecule has 2 aromatic carbocycles. The van der Waals surface area contributed by atoms with Gasteiger partial charge in [0.05, 0.1) is 16.3 Å². The molecule has 0 bridgehead atoms. The lowest BCUT2D eigenvalue weighted by Gasteiger charge is -2.08. The Hall–Kier alpha value is -2.47. The Balaban J connectivity index is 2.19. The van der Waals surface area contributed by atoms with Gasteiger partial charge in [-0.3, -0.25) is 4.68 Å². The molecule has 0 saturated carbocycles. The molecule has 0 aliphatic heterocycles. The molecule has 0 spiro atoms. The second kappa shape index (κ2) is 5.87. The maximum Gasteiger partial charge on any atom is 0.175 e. The number of rotatable bonds is 3. The maximum absolute atomic E-state index is 13.6. The first-order valence-corrected chi connectivity index (χ1v) is 9.26. The van der Waals surface area contributed by atoms with E-state index in [-0.39, 0.29) is 10.7 Å². The zero-order valence-electron chi connectivity index (χ0n) is 13.6. The number of aromatic nitrogens is 2. The van der Waals surface area contributed by atoms with Crippen molar-refractivity contribution in [2.75, 3.05) is 6.26 Å². The van der Waals surface area contributed by atoms with Crippen LogP contribution >= 0.6 is 0 Å². The van der Waals surface area contributed by atoms with Crippen molar-refractivity contribution in [2.45, 2.75) is 11.8 Å². The molecule has 4 nitrogen and oxygen atoms in total. The summed E-state index contributed by atoms with van der Waals surface area (Å²) in [6.07, 6.45) is 1.18. The van der Waals surface area contributed by atoms with Crippen molar-refractivity contribution in [3.05, 3.63) is 60.0 Å². The van der Waals surface area contributed by atoms with E-state index < -0.39 is 9.84 Å². The smallest absolute Gasteiger partial charge is 0.175 e. The molecular formula is C18H17FN2O2S. The van der Waals surface area contributed by atoms with E-state index in [1.165, 1.54) is 18.4 Å². The highest BCUT2D eigenvalue weighted by molar-refractivity contribution is 7.90. The van der Waals surface area contributed by atoms with Gasteiger partial charge in [0.1, 0.15) is 5.82 Å². The lowest BCUT2D eigenvalue weighted by atomic mass is 9.99. The van der Waals surface area contributed by atoms with Crippen LogP contribution in [0.4, 0.5) is 4.39 Å². The van der Waals surface area contributed by atoms with Crippen molar-refractivity contribution in [1.82, 2.24) is 9.78 Å². The van der Waals surface area contributed by atoms with Crippen molar-refractivity contribution in [3.63, 3.8) is 0 Å². The molecule has 0 fully saturated rings. The molecule has 0 aliphatic rings. The fourth-order valence-electron chi connectivity index (χ4n) is 2.84. The lowest BCUT2D eigenvalue weighted by Crippen LogP contribution is -1.97. The summed E-state index contributed by atoms with van der Waals surface area (Å²) in [6, 6.07) is 13.0. The molecule has 1 heterocycles. The van der Waals surface area contributed by atoms with Gasteiger partial charge in [0.25, 0.3) is 0 Å². The maximum atomic E-state index is 13.6. The molecule has 124 valence electrons. The second-order valence-electron chi connectivity index (χ2n) is 5.74. The van der Waals surface area contributed by atoms with Crippen LogP contribution in [-0.4, -0.2) is 24.5 Å². The van der Waals surface area contributed by atoms with Crippen LogP contribution in [0.5, 0.6) is 0 Å². The van der Waals surface area contributed by atoms with E-state index in [1.807, 2.05) is 20.0 Å². The van der Waals surface area contributed by atoms with E-state index in [9.17, 15) is 12.8 Å². The predicted molar refractivity (Wildman–Crippen MR) is 91.9 cm³/mol. The predicted octanol–water partition coefficient (Wildman–Crippen LogP) is 3.61. The molecule has 6 heteroatoms.